The smallest absolute Gasteiger partial charge is 0.164 e. The molecule has 0 aliphatic heterocycles. The Morgan fingerprint density at radius 1 is 1.20 bits per heavy atom. The molecule has 1 heterocycles. The molecule has 0 aliphatic rings. The van der Waals surface area contributed by atoms with Crippen LogP contribution in [0.2, 0.25) is 0 Å². The molecule has 3 heteroatoms. The molecule has 0 spiro atoms. The van der Waals surface area contributed by atoms with Crippen molar-refractivity contribution in [1.29, 1.82) is 0 Å². The lowest BCUT2D eigenvalue weighted by Gasteiger charge is -2.06. The SMILES string of the molecule is Cc1ccccc1-c1c(O)c(C)nn1C. The zero-order chi connectivity index (χ0) is 11.0. The zero-order valence-corrected chi connectivity index (χ0v) is 9.15. The summed E-state index contributed by atoms with van der Waals surface area (Å²) >= 11 is 0. The van der Waals surface area contributed by atoms with E-state index in [0.29, 0.717) is 5.69 Å². The third-order valence-electron chi connectivity index (χ3n) is 2.59. The molecule has 2 aromatic rings. The summed E-state index contributed by atoms with van der Waals surface area (Å²) in [4.78, 5) is 0. The van der Waals surface area contributed by atoms with Gasteiger partial charge in [-0.2, -0.15) is 5.10 Å². The van der Waals surface area contributed by atoms with Gasteiger partial charge in [-0.15, -0.1) is 0 Å². The number of hydrogen-bond acceptors (Lipinski definition) is 2. The van der Waals surface area contributed by atoms with Gasteiger partial charge in [-0.25, -0.2) is 0 Å². The van der Waals surface area contributed by atoms with Crippen molar-refractivity contribution < 1.29 is 5.11 Å². The van der Waals surface area contributed by atoms with Crippen LogP contribution < -0.4 is 0 Å². The van der Waals surface area contributed by atoms with Crippen LogP contribution in [0.15, 0.2) is 24.3 Å². The maximum absolute atomic E-state index is 9.91. The van der Waals surface area contributed by atoms with E-state index >= 15 is 0 Å². The lowest BCUT2D eigenvalue weighted by molar-refractivity contribution is 0.473. The Morgan fingerprint density at radius 3 is 2.40 bits per heavy atom. The Bertz CT molecular complexity index is 500. The summed E-state index contributed by atoms with van der Waals surface area (Å²) in [6, 6.07) is 7.96. The van der Waals surface area contributed by atoms with Gasteiger partial charge >= 0.3 is 0 Å². The van der Waals surface area contributed by atoms with E-state index in [0.717, 1.165) is 16.8 Å². The highest BCUT2D eigenvalue weighted by molar-refractivity contribution is 5.70. The number of hydrogen-bond donors (Lipinski definition) is 1. The molecule has 3 nitrogen and oxygen atoms in total. The molecule has 0 saturated heterocycles. The number of aryl methyl sites for hydroxylation is 3. The van der Waals surface area contributed by atoms with Gasteiger partial charge in [-0.05, 0) is 19.4 Å². The first kappa shape index (κ1) is 9.77. The lowest BCUT2D eigenvalue weighted by Crippen LogP contribution is -1.95. The molecule has 1 N–H and O–H groups in total. The predicted octanol–water partition coefficient (Wildman–Crippen LogP) is 2.41. The second-order valence-electron chi connectivity index (χ2n) is 3.72. The van der Waals surface area contributed by atoms with Gasteiger partial charge in [0, 0.05) is 12.6 Å². The molecule has 15 heavy (non-hydrogen) atoms. The fourth-order valence-electron chi connectivity index (χ4n) is 1.79. The van der Waals surface area contributed by atoms with Crippen LogP contribution in [0.1, 0.15) is 11.3 Å². The van der Waals surface area contributed by atoms with Gasteiger partial charge in [-0.3, -0.25) is 4.68 Å². The van der Waals surface area contributed by atoms with E-state index in [1.54, 1.807) is 11.6 Å². The third kappa shape index (κ3) is 1.50. The molecule has 0 atom stereocenters. The summed E-state index contributed by atoms with van der Waals surface area (Å²) in [5.74, 6) is 0.270. The first-order valence-corrected chi connectivity index (χ1v) is 4.90. The largest absolute Gasteiger partial charge is 0.504 e. The Morgan fingerprint density at radius 2 is 1.87 bits per heavy atom. The van der Waals surface area contributed by atoms with Crippen LogP contribution in [0.4, 0.5) is 0 Å². The van der Waals surface area contributed by atoms with Crippen LogP contribution in [-0.4, -0.2) is 14.9 Å². The molecule has 0 saturated carbocycles. The van der Waals surface area contributed by atoms with Crippen LogP contribution in [0, 0.1) is 13.8 Å². The first-order valence-electron chi connectivity index (χ1n) is 4.90. The quantitative estimate of drug-likeness (QED) is 0.771. The number of benzene rings is 1. The van der Waals surface area contributed by atoms with Gasteiger partial charge in [0.1, 0.15) is 11.4 Å². The van der Waals surface area contributed by atoms with Crippen molar-refractivity contribution in [2.75, 3.05) is 0 Å². The Balaban J connectivity index is 2.69. The molecule has 0 unspecified atom stereocenters. The minimum absolute atomic E-state index is 0.270. The van der Waals surface area contributed by atoms with E-state index in [4.69, 9.17) is 0 Å². The Hall–Kier alpha value is -1.77. The van der Waals surface area contributed by atoms with Crippen molar-refractivity contribution in [2.45, 2.75) is 13.8 Å². The highest BCUT2D eigenvalue weighted by Crippen LogP contribution is 2.32. The van der Waals surface area contributed by atoms with Crippen LogP contribution in [0.25, 0.3) is 11.3 Å². The molecule has 2 rings (SSSR count). The van der Waals surface area contributed by atoms with Gasteiger partial charge in [0.25, 0.3) is 0 Å². The minimum atomic E-state index is 0.270. The third-order valence-corrected chi connectivity index (χ3v) is 2.59. The molecular formula is C12H14N2O. The van der Waals surface area contributed by atoms with Crippen molar-refractivity contribution in [3.63, 3.8) is 0 Å². The van der Waals surface area contributed by atoms with Crippen LogP contribution in [-0.2, 0) is 7.05 Å². The maximum atomic E-state index is 9.91. The average molecular weight is 202 g/mol. The Labute approximate surface area is 89.0 Å². The standard InChI is InChI=1S/C12H14N2O/c1-8-6-4-5-7-10(8)11-12(15)9(2)13-14(11)3/h4-7,15H,1-3H3. The lowest BCUT2D eigenvalue weighted by atomic mass is 10.1. The predicted molar refractivity (Wildman–Crippen MR) is 59.8 cm³/mol. The van der Waals surface area contributed by atoms with Crippen LogP contribution in [0.5, 0.6) is 5.75 Å². The summed E-state index contributed by atoms with van der Waals surface area (Å²) in [7, 11) is 1.84. The molecule has 1 aromatic carbocycles. The highest BCUT2D eigenvalue weighted by atomic mass is 16.3. The zero-order valence-electron chi connectivity index (χ0n) is 9.15. The summed E-state index contributed by atoms with van der Waals surface area (Å²) in [5.41, 5.74) is 3.61. The van der Waals surface area contributed by atoms with E-state index in [1.165, 1.54) is 0 Å². The summed E-state index contributed by atoms with van der Waals surface area (Å²) < 4.78 is 1.72. The van der Waals surface area contributed by atoms with E-state index in [2.05, 4.69) is 5.10 Å². The monoisotopic (exact) mass is 202 g/mol. The van der Waals surface area contributed by atoms with Gasteiger partial charge < -0.3 is 5.11 Å². The van der Waals surface area contributed by atoms with E-state index in [-0.39, 0.29) is 5.75 Å². The van der Waals surface area contributed by atoms with Crippen LogP contribution >= 0.6 is 0 Å². The van der Waals surface area contributed by atoms with Crippen LogP contribution in [0.3, 0.4) is 0 Å². The van der Waals surface area contributed by atoms with Crippen molar-refractivity contribution in [1.82, 2.24) is 9.78 Å². The molecule has 0 fully saturated rings. The normalized spacial score (nSPS) is 10.6. The van der Waals surface area contributed by atoms with Gasteiger partial charge in [0.15, 0.2) is 5.75 Å². The molecule has 0 bridgehead atoms. The number of nitrogens with zero attached hydrogens (tertiary/aromatic N) is 2. The molecule has 78 valence electrons. The molecule has 0 aliphatic carbocycles. The fraction of sp³-hybridized carbons (Fsp3) is 0.250. The van der Waals surface area contributed by atoms with Gasteiger partial charge in [0.05, 0.1) is 0 Å². The van der Waals surface area contributed by atoms with Crippen molar-refractivity contribution >= 4 is 0 Å². The second-order valence-corrected chi connectivity index (χ2v) is 3.72. The van der Waals surface area contributed by atoms with Crippen molar-refractivity contribution in [2.24, 2.45) is 7.05 Å². The molecule has 0 amide bonds. The highest BCUT2D eigenvalue weighted by Gasteiger charge is 2.14. The molecular weight excluding hydrogens is 188 g/mol. The van der Waals surface area contributed by atoms with Crippen molar-refractivity contribution in [3.05, 3.63) is 35.5 Å². The van der Waals surface area contributed by atoms with Gasteiger partial charge in [-0.1, -0.05) is 24.3 Å². The first-order chi connectivity index (χ1) is 7.11. The topological polar surface area (TPSA) is 38.1 Å². The van der Waals surface area contributed by atoms with E-state index < -0.39 is 0 Å². The van der Waals surface area contributed by atoms with Gasteiger partial charge in [0.2, 0.25) is 0 Å². The van der Waals surface area contributed by atoms with Crippen molar-refractivity contribution in [3.8, 4) is 17.0 Å². The summed E-state index contributed by atoms with van der Waals surface area (Å²) in [6.45, 7) is 3.83. The minimum Gasteiger partial charge on any atom is -0.504 e. The summed E-state index contributed by atoms with van der Waals surface area (Å²) in [5, 5.41) is 14.1. The Kier molecular flexibility index (Phi) is 2.23. The fourth-order valence-corrected chi connectivity index (χ4v) is 1.79. The number of rotatable bonds is 1. The summed E-state index contributed by atoms with van der Waals surface area (Å²) in [6.07, 6.45) is 0. The van der Waals surface area contributed by atoms with E-state index in [1.807, 2.05) is 38.2 Å². The number of aromatic nitrogens is 2. The average Bonchev–Trinajstić information content (AvgIpc) is 2.43. The van der Waals surface area contributed by atoms with E-state index in [9.17, 15) is 5.11 Å². The molecule has 1 aromatic heterocycles. The second kappa shape index (κ2) is 3.42. The number of aromatic hydroxyl groups is 1. The molecule has 0 radical (unpaired) electrons. The maximum Gasteiger partial charge on any atom is 0.164 e.